The number of nitrogens with two attached hydrogens (primary N) is 1. The number of para-hydroxylation sites is 2. The Kier molecular flexibility index (Phi) is 4.89. The average molecular weight is 332 g/mol. The second kappa shape index (κ2) is 7.09. The van der Waals surface area contributed by atoms with Gasteiger partial charge in [0.15, 0.2) is 0 Å². The molecule has 7 nitrogen and oxygen atoms in total. The van der Waals surface area contributed by atoms with Crippen LogP contribution in [0.15, 0.2) is 29.1 Å². The minimum Gasteiger partial charge on any atom is -0.408 e. The number of aromatic nitrogens is 2. The molecule has 1 fully saturated rings. The third kappa shape index (κ3) is 3.03. The van der Waals surface area contributed by atoms with E-state index in [1.54, 1.807) is 0 Å². The van der Waals surface area contributed by atoms with Crippen LogP contribution in [0.25, 0.3) is 11.0 Å². The molecule has 0 radical (unpaired) electrons. The maximum Gasteiger partial charge on any atom is 0.362 e. The van der Waals surface area contributed by atoms with Crippen LogP contribution in [0.4, 0.5) is 0 Å². The summed E-state index contributed by atoms with van der Waals surface area (Å²) in [6, 6.07) is 7.72. The number of hydrogen-bond donors (Lipinski definition) is 2. The number of nitrogens with zero attached hydrogens (tertiary/aromatic N) is 2. The van der Waals surface area contributed by atoms with Crippen molar-refractivity contribution in [2.45, 2.75) is 31.7 Å². The molecule has 1 aliphatic carbocycles. The smallest absolute Gasteiger partial charge is 0.362 e. The molecule has 1 aromatic carbocycles. The van der Waals surface area contributed by atoms with Crippen LogP contribution in [-0.4, -0.2) is 35.4 Å². The first-order valence-corrected chi connectivity index (χ1v) is 8.42. The molecule has 0 spiro atoms. The first kappa shape index (κ1) is 16.6. The third-order valence-corrected chi connectivity index (χ3v) is 4.78. The van der Waals surface area contributed by atoms with Crippen LogP contribution < -0.4 is 21.6 Å². The van der Waals surface area contributed by atoms with Crippen LogP contribution in [0.3, 0.4) is 0 Å². The van der Waals surface area contributed by atoms with E-state index in [-0.39, 0.29) is 23.6 Å². The lowest BCUT2D eigenvalue weighted by Crippen LogP contribution is -2.35. The van der Waals surface area contributed by atoms with Crippen molar-refractivity contribution in [2.75, 3.05) is 20.2 Å². The second-order valence-electron chi connectivity index (χ2n) is 6.28. The summed E-state index contributed by atoms with van der Waals surface area (Å²) in [6.45, 7) is 1.08. The number of amides is 1. The Bertz CT molecular complexity index is 772. The van der Waals surface area contributed by atoms with E-state index in [1.807, 2.05) is 35.9 Å². The summed E-state index contributed by atoms with van der Waals surface area (Å²) in [7, 11) is 1.84. The fourth-order valence-electron chi connectivity index (χ4n) is 3.48. The highest BCUT2D eigenvalue weighted by atomic mass is 16.7. The van der Waals surface area contributed by atoms with Crippen LogP contribution in [0.2, 0.25) is 0 Å². The molecule has 1 heterocycles. The van der Waals surface area contributed by atoms with Gasteiger partial charge in [0.2, 0.25) is 5.91 Å². The maximum atomic E-state index is 12.9. The first-order valence-electron chi connectivity index (χ1n) is 8.42. The summed E-state index contributed by atoms with van der Waals surface area (Å²) in [5.74, 6) is -0.309. The largest absolute Gasteiger partial charge is 0.408 e. The predicted octanol–water partition coefficient (Wildman–Crippen LogP) is 0.668. The standard InChI is InChI=1S/C17H24N4O3/c1-19-10-11-24-21-15-5-3-2-4-14(15)20(17(21)23)13-8-6-12(7-9-13)16(18)22/h2-5,12-13,19H,6-11H2,1H3,(H2,18,22). The van der Waals surface area contributed by atoms with E-state index in [4.69, 9.17) is 10.6 Å². The summed E-state index contributed by atoms with van der Waals surface area (Å²) in [6.07, 6.45) is 3.01. The van der Waals surface area contributed by atoms with E-state index < -0.39 is 0 Å². The molecule has 0 bridgehead atoms. The number of primary amides is 1. The Morgan fingerprint density at radius 3 is 2.54 bits per heavy atom. The quantitative estimate of drug-likeness (QED) is 0.761. The minimum atomic E-state index is -0.237. The van der Waals surface area contributed by atoms with Crippen LogP contribution in [0.5, 0.6) is 0 Å². The first-order chi connectivity index (χ1) is 11.6. The fraction of sp³-hybridized carbons (Fsp3) is 0.529. The molecule has 0 unspecified atom stereocenters. The Morgan fingerprint density at radius 2 is 1.92 bits per heavy atom. The summed E-state index contributed by atoms with van der Waals surface area (Å²) >= 11 is 0. The highest BCUT2D eigenvalue weighted by molar-refractivity contribution is 5.77. The lowest BCUT2D eigenvalue weighted by molar-refractivity contribution is -0.122. The number of likely N-dealkylation sites (N-methyl/N-ethyl adjacent to an activating group) is 1. The van der Waals surface area contributed by atoms with Gasteiger partial charge < -0.3 is 15.9 Å². The molecule has 1 amide bonds. The van der Waals surface area contributed by atoms with E-state index in [9.17, 15) is 9.59 Å². The molecule has 24 heavy (non-hydrogen) atoms. The molecular weight excluding hydrogens is 308 g/mol. The lowest BCUT2D eigenvalue weighted by atomic mass is 9.85. The van der Waals surface area contributed by atoms with Crippen LogP contribution in [0, 0.1) is 5.92 Å². The predicted molar refractivity (Wildman–Crippen MR) is 91.8 cm³/mol. The van der Waals surface area contributed by atoms with Crippen molar-refractivity contribution in [3.05, 3.63) is 34.7 Å². The van der Waals surface area contributed by atoms with Gasteiger partial charge in [0.05, 0.1) is 5.52 Å². The minimum absolute atomic E-state index is 0.0721. The Balaban J connectivity index is 1.92. The Labute approximate surface area is 140 Å². The molecule has 0 saturated heterocycles. The van der Waals surface area contributed by atoms with Gasteiger partial charge >= 0.3 is 5.69 Å². The summed E-state index contributed by atoms with van der Waals surface area (Å²) in [5.41, 5.74) is 6.89. The van der Waals surface area contributed by atoms with Crippen molar-refractivity contribution in [1.29, 1.82) is 0 Å². The number of hydrogen-bond acceptors (Lipinski definition) is 4. The molecule has 7 heteroatoms. The number of fused-ring (bicyclic) bond motifs is 1. The molecule has 3 rings (SSSR count). The van der Waals surface area contributed by atoms with Gasteiger partial charge in [-0.2, -0.15) is 0 Å². The third-order valence-electron chi connectivity index (χ3n) is 4.78. The number of imidazole rings is 1. The monoisotopic (exact) mass is 332 g/mol. The second-order valence-corrected chi connectivity index (χ2v) is 6.28. The van der Waals surface area contributed by atoms with E-state index in [2.05, 4.69) is 5.32 Å². The van der Waals surface area contributed by atoms with E-state index in [0.29, 0.717) is 13.2 Å². The molecule has 130 valence electrons. The van der Waals surface area contributed by atoms with Gasteiger partial charge in [-0.25, -0.2) is 4.79 Å². The molecule has 0 atom stereocenters. The van der Waals surface area contributed by atoms with Gasteiger partial charge in [0, 0.05) is 18.5 Å². The zero-order chi connectivity index (χ0) is 17.1. The molecule has 1 aromatic heterocycles. The van der Waals surface area contributed by atoms with Gasteiger partial charge in [0.1, 0.15) is 12.1 Å². The summed E-state index contributed by atoms with van der Waals surface area (Å²) < 4.78 is 3.19. The van der Waals surface area contributed by atoms with Crippen LogP contribution in [0.1, 0.15) is 31.7 Å². The van der Waals surface area contributed by atoms with E-state index >= 15 is 0 Å². The molecule has 1 aliphatic rings. The molecule has 1 saturated carbocycles. The number of benzene rings is 1. The Morgan fingerprint density at radius 1 is 1.25 bits per heavy atom. The maximum absolute atomic E-state index is 12.9. The molecule has 0 aliphatic heterocycles. The molecule has 3 N–H and O–H groups in total. The average Bonchev–Trinajstić information content (AvgIpc) is 2.87. The highest BCUT2D eigenvalue weighted by Crippen LogP contribution is 2.33. The van der Waals surface area contributed by atoms with Crippen molar-refractivity contribution in [3.63, 3.8) is 0 Å². The van der Waals surface area contributed by atoms with Gasteiger partial charge in [-0.05, 0) is 44.9 Å². The normalized spacial score (nSPS) is 21.0. The van der Waals surface area contributed by atoms with Crippen molar-refractivity contribution >= 4 is 16.9 Å². The van der Waals surface area contributed by atoms with Crippen LogP contribution >= 0.6 is 0 Å². The van der Waals surface area contributed by atoms with Crippen molar-refractivity contribution in [3.8, 4) is 0 Å². The number of carbonyl (C=O) groups is 1. The SMILES string of the molecule is CNCCOn1c(=O)n(C2CCC(C(N)=O)CC2)c2ccccc21. The number of carbonyl (C=O) groups excluding carboxylic acids is 1. The van der Waals surface area contributed by atoms with Gasteiger partial charge in [-0.3, -0.25) is 9.36 Å². The topological polar surface area (TPSA) is 91.3 Å². The van der Waals surface area contributed by atoms with E-state index in [1.165, 1.54) is 4.73 Å². The summed E-state index contributed by atoms with van der Waals surface area (Å²) in [5, 5.41) is 3.00. The lowest BCUT2D eigenvalue weighted by Gasteiger charge is -2.27. The Hall–Kier alpha value is -2.28. The highest BCUT2D eigenvalue weighted by Gasteiger charge is 2.28. The van der Waals surface area contributed by atoms with Crippen molar-refractivity contribution in [1.82, 2.24) is 14.6 Å². The molecular formula is C17H24N4O3. The fourth-order valence-corrected chi connectivity index (χ4v) is 3.48. The zero-order valence-electron chi connectivity index (χ0n) is 13.9. The zero-order valence-corrected chi connectivity index (χ0v) is 13.9. The van der Waals surface area contributed by atoms with E-state index in [0.717, 1.165) is 36.7 Å². The van der Waals surface area contributed by atoms with Crippen LogP contribution in [-0.2, 0) is 4.79 Å². The van der Waals surface area contributed by atoms with Crippen molar-refractivity contribution < 1.29 is 9.63 Å². The van der Waals surface area contributed by atoms with Gasteiger partial charge in [-0.1, -0.05) is 12.1 Å². The van der Waals surface area contributed by atoms with Gasteiger partial charge in [-0.15, -0.1) is 4.73 Å². The summed E-state index contributed by atoms with van der Waals surface area (Å²) in [4.78, 5) is 29.9. The van der Waals surface area contributed by atoms with Crippen molar-refractivity contribution in [2.24, 2.45) is 11.7 Å². The number of nitrogens with one attached hydrogen (secondary N) is 1. The van der Waals surface area contributed by atoms with Gasteiger partial charge in [0.25, 0.3) is 0 Å². The number of rotatable bonds is 6. The molecule has 2 aromatic rings.